The molecule has 102 valence electrons. The number of aryl methyl sites for hydroxylation is 1. The zero-order valence-electron chi connectivity index (χ0n) is 11.3. The minimum atomic E-state index is 0.0752. The first-order valence-corrected chi connectivity index (χ1v) is 6.69. The number of rotatable bonds is 3. The molecule has 1 aliphatic rings. The standard InChI is InChI=1S/C14H19N3O2/c1-10-12-9-11(16-18-2)6-7-13(12)17(15-10)14-5-3-4-8-19-14/h6-7,9,14,16H,3-5,8H2,1-2H3. The van der Waals surface area contributed by atoms with Crippen molar-refractivity contribution in [3.8, 4) is 0 Å². The van der Waals surface area contributed by atoms with Gasteiger partial charge in [-0.25, -0.2) is 4.68 Å². The summed E-state index contributed by atoms with van der Waals surface area (Å²) < 4.78 is 7.84. The van der Waals surface area contributed by atoms with E-state index >= 15 is 0 Å². The van der Waals surface area contributed by atoms with Gasteiger partial charge in [-0.1, -0.05) is 0 Å². The monoisotopic (exact) mass is 261 g/mol. The van der Waals surface area contributed by atoms with E-state index in [9.17, 15) is 0 Å². The maximum absolute atomic E-state index is 5.82. The molecule has 1 aromatic heterocycles. The quantitative estimate of drug-likeness (QED) is 0.863. The molecule has 0 bridgehead atoms. The molecule has 0 spiro atoms. The summed E-state index contributed by atoms with van der Waals surface area (Å²) in [7, 11) is 1.61. The number of fused-ring (bicyclic) bond motifs is 1. The van der Waals surface area contributed by atoms with Gasteiger partial charge >= 0.3 is 0 Å². The van der Waals surface area contributed by atoms with Crippen LogP contribution in [0.15, 0.2) is 18.2 Å². The maximum Gasteiger partial charge on any atom is 0.150 e. The van der Waals surface area contributed by atoms with Crippen LogP contribution in [-0.2, 0) is 9.57 Å². The van der Waals surface area contributed by atoms with Crippen molar-refractivity contribution < 1.29 is 9.57 Å². The fourth-order valence-electron chi connectivity index (χ4n) is 2.61. The van der Waals surface area contributed by atoms with E-state index in [-0.39, 0.29) is 6.23 Å². The summed E-state index contributed by atoms with van der Waals surface area (Å²) in [5, 5.41) is 5.77. The number of hydrogen-bond acceptors (Lipinski definition) is 4. The molecule has 1 fully saturated rings. The number of aromatic nitrogens is 2. The van der Waals surface area contributed by atoms with Crippen molar-refractivity contribution in [3.63, 3.8) is 0 Å². The van der Waals surface area contributed by atoms with E-state index in [4.69, 9.17) is 9.57 Å². The molecule has 1 atom stereocenters. The largest absolute Gasteiger partial charge is 0.356 e. The third-order valence-electron chi connectivity index (χ3n) is 3.54. The normalized spacial score (nSPS) is 19.8. The van der Waals surface area contributed by atoms with Crippen molar-refractivity contribution in [2.75, 3.05) is 19.2 Å². The minimum absolute atomic E-state index is 0.0752. The Labute approximate surface area is 112 Å². The molecule has 1 aliphatic heterocycles. The Morgan fingerprint density at radius 3 is 3.05 bits per heavy atom. The average molecular weight is 261 g/mol. The second-order valence-corrected chi connectivity index (χ2v) is 4.89. The lowest BCUT2D eigenvalue weighted by molar-refractivity contribution is -0.0368. The molecule has 5 nitrogen and oxygen atoms in total. The molecule has 1 aromatic carbocycles. The first kappa shape index (κ1) is 12.4. The second kappa shape index (κ2) is 5.19. The summed E-state index contributed by atoms with van der Waals surface area (Å²) in [4.78, 5) is 4.94. The van der Waals surface area contributed by atoms with Gasteiger partial charge < -0.3 is 4.74 Å². The van der Waals surface area contributed by atoms with Crippen LogP contribution < -0.4 is 5.48 Å². The Balaban J connectivity index is 2.01. The Morgan fingerprint density at radius 2 is 2.32 bits per heavy atom. The van der Waals surface area contributed by atoms with Crippen molar-refractivity contribution in [3.05, 3.63) is 23.9 Å². The van der Waals surface area contributed by atoms with Crippen LogP contribution >= 0.6 is 0 Å². The molecule has 1 saturated heterocycles. The third-order valence-corrected chi connectivity index (χ3v) is 3.54. The lowest BCUT2D eigenvalue weighted by Gasteiger charge is -2.23. The summed E-state index contributed by atoms with van der Waals surface area (Å²) in [5.74, 6) is 0. The number of hydrogen-bond donors (Lipinski definition) is 1. The van der Waals surface area contributed by atoms with Crippen LogP contribution in [0.5, 0.6) is 0 Å². The van der Waals surface area contributed by atoms with Crippen LogP contribution in [0.3, 0.4) is 0 Å². The molecule has 1 N–H and O–H groups in total. The summed E-state index contributed by atoms with van der Waals surface area (Å²) in [5.41, 5.74) is 5.91. The first-order valence-electron chi connectivity index (χ1n) is 6.69. The molecule has 0 radical (unpaired) electrons. The first-order chi connectivity index (χ1) is 9.29. The molecule has 1 unspecified atom stereocenters. The van der Waals surface area contributed by atoms with E-state index in [0.29, 0.717) is 0 Å². The van der Waals surface area contributed by atoms with Crippen molar-refractivity contribution in [1.29, 1.82) is 0 Å². The fourth-order valence-corrected chi connectivity index (χ4v) is 2.61. The van der Waals surface area contributed by atoms with Gasteiger partial charge in [-0.05, 0) is 44.4 Å². The average Bonchev–Trinajstić information content (AvgIpc) is 2.78. The van der Waals surface area contributed by atoms with Crippen molar-refractivity contribution in [1.82, 2.24) is 9.78 Å². The molecule has 2 heterocycles. The van der Waals surface area contributed by atoms with Crippen LogP contribution in [0, 0.1) is 6.92 Å². The predicted octanol–water partition coefficient (Wildman–Crippen LogP) is 3.02. The van der Waals surface area contributed by atoms with E-state index < -0.39 is 0 Å². The summed E-state index contributed by atoms with van der Waals surface area (Å²) in [6, 6.07) is 6.11. The highest BCUT2D eigenvalue weighted by Crippen LogP contribution is 2.29. The van der Waals surface area contributed by atoms with Gasteiger partial charge in [-0.2, -0.15) is 5.10 Å². The van der Waals surface area contributed by atoms with Crippen molar-refractivity contribution in [2.24, 2.45) is 0 Å². The highest BCUT2D eigenvalue weighted by molar-refractivity contribution is 5.85. The zero-order valence-corrected chi connectivity index (χ0v) is 11.3. The van der Waals surface area contributed by atoms with Crippen LogP contribution in [0.1, 0.15) is 31.2 Å². The maximum atomic E-state index is 5.82. The van der Waals surface area contributed by atoms with Crippen molar-refractivity contribution >= 4 is 16.6 Å². The van der Waals surface area contributed by atoms with Gasteiger partial charge in [0.1, 0.15) is 0 Å². The Bertz CT molecular complexity index is 573. The van der Waals surface area contributed by atoms with E-state index in [1.54, 1.807) is 7.11 Å². The molecule has 3 rings (SSSR count). The molecule has 0 amide bonds. The van der Waals surface area contributed by atoms with E-state index in [2.05, 4.69) is 22.7 Å². The molecular weight excluding hydrogens is 242 g/mol. The molecule has 5 heteroatoms. The zero-order chi connectivity index (χ0) is 13.2. The molecule has 0 aliphatic carbocycles. The summed E-state index contributed by atoms with van der Waals surface area (Å²) in [6.45, 7) is 2.85. The second-order valence-electron chi connectivity index (χ2n) is 4.89. The molecule has 2 aromatic rings. The van der Waals surface area contributed by atoms with Crippen LogP contribution in [-0.4, -0.2) is 23.5 Å². The Kier molecular flexibility index (Phi) is 3.40. The smallest absolute Gasteiger partial charge is 0.150 e. The number of benzene rings is 1. The van der Waals surface area contributed by atoms with E-state index in [1.807, 2.05) is 17.7 Å². The van der Waals surface area contributed by atoms with E-state index in [0.717, 1.165) is 41.7 Å². The molecule has 0 saturated carbocycles. The van der Waals surface area contributed by atoms with Gasteiger partial charge in [-0.15, -0.1) is 0 Å². The van der Waals surface area contributed by atoms with Crippen LogP contribution in [0.4, 0.5) is 5.69 Å². The Morgan fingerprint density at radius 1 is 1.42 bits per heavy atom. The van der Waals surface area contributed by atoms with Gasteiger partial charge in [0.15, 0.2) is 6.23 Å². The highest BCUT2D eigenvalue weighted by atomic mass is 16.6. The summed E-state index contributed by atoms with van der Waals surface area (Å²) >= 11 is 0. The third kappa shape index (κ3) is 2.31. The van der Waals surface area contributed by atoms with Crippen LogP contribution in [0.2, 0.25) is 0 Å². The number of anilines is 1. The Hall–Kier alpha value is -1.59. The van der Waals surface area contributed by atoms with Gasteiger partial charge in [0.25, 0.3) is 0 Å². The number of nitrogens with zero attached hydrogens (tertiary/aromatic N) is 2. The van der Waals surface area contributed by atoms with Crippen LogP contribution in [0.25, 0.3) is 10.9 Å². The highest BCUT2D eigenvalue weighted by Gasteiger charge is 2.19. The van der Waals surface area contributed by atoms with Gasteiger partial charge in [-0.3, -0.25) is 10.3 Å². The van der Waals surface area contributed by atoms with Gasteiger partial charge in [0.2, 0.25) is 0 Å². The SMILES string of the molecule is CONc1ccc2c(c1)c(C)nn2C1CCCCO1. The summed E-state index contributed by atoms with van der Waals surface area (Å²) in [6.07, 6.45) is 3.46. The minimum Gasteiger partial charge on any atom is -0.356 e. The fraction of sp³-hybridized carbons (Fsp3) is 0.500. The van der Waals surface area contributed by atoms with Gasteiger partial charge in [0, 0.05) is 12.0 Å². The van der Waals surface area contributed by atoms with E-state index in [1.165, 1.54) is 6.42 Å². The lowest BCUT2D eigenvalue weighted by Crippen LogP contribution is -2.19. The molecule has 19 heavy (non-hydrogen) atoms. The van der Waals surface area contributed by atoms with Crippen molar-refractivity contribution in [2.45, 2.75) is 32.4 Å². The number of ether oxygens (including phenoxy) is 1. The predicted molar refractivity (Wildman–Crippen MR) is 73.9 cm³/mol. The lowest BCUT2D eigenvalue weighted by atomic mass is 10.1. The molecular formula is C14H19N3O2. The van der Waals surface area contributed by atoms with Gasteiger partial charge in [0.05, 0.1) is 24.0 Å². The number of nitrogens with one attached hydrogen (secondary N) is 1. The topological polar surface area (TPSA) is 48.3 Å².